The molecular weight excluding hydrogens is 298 g/mol. The zero-order valence-corrected chi connectivity index (χ0v) is 13.6. The third-order valence-electron chi connectivity index (χ3n) is 3.97. The van der Waals surface area contributed by atoms with E-state index >= 15 is 0 Å². The van der Waals surface area contributed by atoms with Crippen molar-refractivity contribution in [2.45, 2.75) is 38.7 Å². The average Bonchev–Trinajstić information content (AvgIpc) is 2.82. The van der Waals surface area contributed by atoms with Crippen LogP contribution < -0.4 is 4.74 Å². The summed E-state index contributed by atoms with van der Waals surface area (Å²) in [5, 5.41) is 9.85. The van der Waals surface area contributed by atoms with Crippen LogP contribution in [0.1, 0.15) is 43.0 Å². The lowest BCUT2D eigenvalue weighted by Crippen LogP contribution is -2.40. The van der Waals surface area contributed by atoms with E-state index in [-0.39, 0.29) is 17.2 Å². The molecule has 6 nitrogen and oxygen atoms in total. The zero-order valence-electron chi connectivity index (χ0n) is 13.6. The molecule has 1 aromatic carbocycles. The van der Waals surface area contributed by atoms with Crippen molar-refractivity contribution in [2.75, 3.05) is 20.2 Å². The summed E-state index contributed by atoms with van der Waals surface area (Å²) in [5.41, 5.74) is 0.0151. The molecule has 1 saturated heterocycles. The first-order chi connectivity index (χ1) is 11.0. The fourth-order valence-corrected chi connectivity index (χ4v) is 2.63. The highest BCUT2D eigenvalue weighted by Crippen LogP contribution is 2.24. The largest absolute Gasteiger partial charge is 0.507 e. The molecule has 0 saturated carbocycles. The number of carbonyl (C=O) groups is 2. The van der Waals surface area contributed by atoms with Crippen LogP contribution in [0.4, 0.5) is 0 Å². The molecule has 0 bridgehead atoms. The van der Waals surface area contributed by atoms with Crippen molar-refractivity contribution < 1.29 is 24.2 Å². The number of phenolic OH excluding ortho intramolecular Hbond substituents is 1. The molecule has 6 heteroatoms. The van der Waals surface area contributed by atoms with Crippen LogP contribution in [-0.2, 0) is 9.53 Å². The second-order valence-electron chi connectivity index (χ2n) is 5.67. The maximum Gasteiger partial charge on any atom is 0.342 e. The SMILES string of the molecule is COc1ccc(C(=O)OC(C)C(=O)N2CCCCCC2)c(O)c1. The first-order valence-electron chi connectivity index (χ1n) is 7.89. The number of phenols is 1. The summed E-state index contributed by atoms with van der Waals surface area (Å²) in [6.45, 7) is 2.97. The molecule has 2 rings (SSSR count). The molecule has 1 unspecified atom stereocenters. The molecular formula is C17H23NO5. The van der Waals surface area contributed by atoms with Gasteiger partial charge in [-0.1, -0.05) is 12.8 Å². The average molecular weight is 321 g/mol. The van der Waals surface area contributed by atoms with Gasteiger partial charge in [0.25, 0.3) is 5.91 Å². The quantitative estimate of drug-likeness (QED) is 0.862. The minimum Gasteiger partial charge on any atom is -0.507 e. The number of benzene rings is 1. The number of ether oxygens (including phenoxy) is 2. The van der Waals surface area contributed by atoms with E-state index in [1.807, 2.05) is 0 Å². The van der Waals surface area contributed by atoms with Crippen molar-refractivity contribution in [1.29, 1.82) is 0 Å². The monoisotopic (exact) mass is 321 g/mol. The Morgan fingerprint density at radius 2 is 1.83 bits per heavy atom. The van der Waals surface area contributed by atoms with Crippen molar-refractivity contribution in [3.05, 3.63) is 23.8 Å². The Hall–Kier alpha value is -2.24. The van der Waals surface area contributed by atoms with E-state index in [4.69, 9.17) is 9.47 Å². The highest BCUT2D eigenvalue weighted by molar-refractivity contribution is 5.94. The van der Waals surface area contributed by atoms with Gasteiger partial charge in [-0.15, -0.1) is 0 Å². The Balaban J connectivity index is 1.99. The lowest BCUT2D eigenvalue weighted by atomic mass is 10.2. The van der Waals surface area contributed by atoms with Crippen molar-refractivity contribution in [2.24, 2.45) is 0 Å². The molecule has 1 aliphatic heterocycles. The van der Waals surface area contributed by atoms with Gasteiger partial charge in [0, 0.05) is 19.2 Å². The predicted octanol–water partition coefficient (Wildman–Crippen LogP) is 2.35. The van der Waals surface area contributed by atoms with E-state index < -0.39 is 12.1 Å². The second kappa shape index (κ2) is 7.85. The van der Waals surface area contributed by atoms with Gasteiger partial charge >= 0.3 is 5.97 Å². The molecule has 23 heavy (non-hydrogen) atoms. The number of hydrogen-bond acceptors (Lipinski definition) is 5. The number of carbonyl (C=O) groups excluding carboxylic acids is 2. The van der Waals surface area contributed by atoms with Gasteiger partial charge in [0.05, 0.1) is 7.11 Å². The first-order valence-corrected chi connectivity index (χ1v) is 7.89. The Labute approximate surface area is 136 Å². The molecule has 1 N–H and O–H groups in total. The molecule has 126 valence electrons. The number of likely N-dealkylation sites (tertiary alicyclic amines) is 1. The molecule has 0 aromatic heterocycles. The van der Waals surface area contributed by atoms with E-state index in [1.165, 1.54) is 19.2 Å². The van der Waals surface area contributed by atoms with Gasteiger partial charge in [0.1, 0.15) is 17.1 Å². The van der Waals surface area contributed by atoms with Crippen LogP contribution in [-0.4, -0.2) is 48.2 Å². The zero-order chi connectivity index (χ0) is 16.8. The van der Waals surface area contributed by atoms with Gasteiger partial charge in [-0.2, -0.15) is 0 Å². The molecule has 1 atom stereocenters. The van der Waals surface area contributed by atoms with Crippen molar-refractivity contribution >= 4 is 11.9 Å². The predicted molar refractivity (Wildman–Crippen MR) is 84.6 cm³/mol. The van der Waals surface area contributed by atoms with Gasteiger partial charge in [-0.3, -0.25) is 4.79 Å². The molecule has 1 aromatic rings. The Kier molecular flexibility index (Phi) is 5.84. The van der Waals surface area contributed by atoms with Gasteiger partial charge in [0.2, 0.25) is 0 Å². The van der Waals surface area contributed by atoms with Crippen LogP contribution in [0.3, 0.4) is 0 Å². The van der Waals surface area contributed by atoms with Crippen molar-refractivity contribution in [3.63, 3.8) is 0 Å². The maximum absolute atomic E-state index is 12.4. The Morgan fingerprint density at radius 3 is 2.39 bits per heavy atom. The number of nitrogens with zero attached hydrogens (tertiary/aromatic N) is 1. The minimum absolute atomic E-state index is 0.0151. The normalized spacial score (nSPS) is 16.3. The smallest absolute Gasteiger partial charge is 0.342 e. The van der Waals surface area contributed by atoms with Gasteiger partial charge in [-0.25, -0.2) is 4.79 Å². The van der Waals surface area contributed by atoms with Gasteiger partial charge in [0.15, 0.2) is 6.10 Å². The van der Waals surface area contributed by atoms with E-state index in [2.05, 4.69) is 0 Å². The molecule has 0 radical (unpaired) electrons. The van der Waals surface area contributed by atoms with E-state index in [9.17, 15) is 14.7 Å². The summed E-state index contributed by atoms with van der Waals surface area (Å²) in [6.07, 6.45) is 3.33. The lowest BCUT2D eigenvalue weighted by molar-refractivity contribution is -0.139. The molecule has 1 heterocycles. The first kappa shape index (κ1) is 17.1. The third kappa shape index (κ3) is 4.37. The molecule has 0 aliphatic carbocycles. The van der Waals surface area contributed by atoms with Crippen LogP contribution >= 0.6 is 0 Å². The van der Waals surface area contributed by atoms with Crippen LogP contribution in [0.25, 0.3) is 0 Å². The lowest BCUT2D eigenvalue weighted by Gasteiger charge is -2.24. The highest BCUT2D eigenvalue weighted by Gasteiger charge is 2.25. The summed E-state index contributed by atoms with van der Waals surface area (Å²) in [4.78, 5) is 26.3. The van der Waals surface area contributed by atoms with Crippen LogP contribution in [0, 0.1) is 0 Å². The third-order valence-corrected chi connectivity index (χ3v) is 3.97. The number of rotatable bonds is 4. The molecule has 0 spiro atoms. The topological polar surface area (TPSA) is 76.1 Å². The highest BCUT2D eigenvalue weighted by atomic mass is 16.5. The summed E-state index contributed by atoms with van der Waals surface area (Å²) >= 11 is 0. The van der Waals surface area contributed by atoms with Crippen LogP contribution in [0.2, 0.25) is 0 Å². The molecule has 1 fully saturated rings. The van der Waals surface area contributed by atoms with E-state index in [1.54, 1.807) is 17.9 Å². The van der Waals surface area contributed by atoms with Gasteiger partial charge in [-0.05, 0) is 31.9 Å². The number of aromatic hydroxyl groups is 1. The van der Waals surface area contributed by atoms with Crippen molar-refractivity contribution in [3.8, 4) is 11.5 Å². The summed E-state index contributed by atoms with van der Waals surface area (Å²) in [7, 11) is 1.47. The van der Waals surface area contributed by atoms with Gasteiger partial charge < -0.3 is 19.5 Å². The minimum atomic E-state index is -0.873. The standard InChI is InChI=1S/C17H23NO5/c1-12(16(20)18-9-5-3-4-6-10-18)23-17(21)14-8-7-13(22-2)11-15(14)19/h7-8,11-12,19H,3-6,9-10H2,1-2H3. The Bertz CT molecular complexity index is 564. The summed E-state index contributed by atoms with van der Waals surface area (Å²) in [5.74, 6) is -0.703. The fourth-order valence-electron chi connectivity index (χ4n) is 2.63. The number of esters is 1. The van der Waals surface area contributed by atoms with E-state index in [0.29, 0.717) is 18.8 Å². The van der Waals surface area contributed by atoms with Crippen LogP contribution in [0.5, 0.6) is 11.5 Å². The molecule has 1 amide bonds. The maximum atomic E-state index is 12.4. The second-order valence-corrected chi connectivity index (χ2v) is 5.67. The summed E-state index contributed by atoms with van der Waals surface area (Å²) in [6, 6.07) is 4.30. The summed E-state index contributed by atoms with van der Waals surface area (Å²) < 4.78 is 10.2. The number of hydrogen-bond donors (Lipinski definition) is 1. The molecule has 1 aliphatic rings. The fraction of sp³-hybridized carbons (Fsp3) is 0.529. The number of methoxy groups -OCH3 is 1. The van der Waals surface area contributed by atoms with Crippen LogP contribution in [0.15, 0.2) is 18.2 Å². The van der Waals surface area contributed by atoms with E-state index in [0.717, 1.165) is 25.7 Å². The van der Waals surface area contributed by atoms with Crippen molar-refractivity contribution in [1.82, 2.24) is 4.90 Å². The number of amides is 1. The Morgan fingerprint density at radius 1 is 1.17 bits per heavy atom.